The average molecular weight is 639 g/mol. The summed E-state index contributed by atoms with van der Waals surface area (Å²) in [7, 11) is 0. The van der Waals surface area contributed by atoms with E-state index in [1.807, 2.05) is 0 Å². The number of aliphatic hydroxyl groups is 2. The number of nitrogens with one attached hydrogen (secondary N) is 2. The Labute approximate surface area is 282 Å². The molecule has 47 heavy (non-hydrogen) atoms. The number of aliphatic hydroxyl groups excluding tert-OH is 2. The first kappa shape index (κ1) is 35.8. The molecule has 0 saturated heterocycles. The number of hydrogen-bond acceptors (Lipinski definition) is 6. The molecule has 2 unspecified atom stereocenters. The first-order chi connectivity index (χ1) is 22.1. The van der Waals surface area contributed by atoms with Crippen molar-refractivity contribution in [1.82, 2.24) is 0 Å². The molecular formula is C41H54N2O4. The van der Waals surface area contributed by atoms with Crippen molar-refractivity contribution in [3.05, 3.63) is 116 Å². The van der Waals surface area contributed by atoms with Gasteiger partial charge in [0.05, 0.1) is 0 Å². The zero-order chi connectivity index (χ0) is 34.5. The zero-order valence-electron chi connectivity index (χ0n) is 30.0. The van der Waals surface area contributed by atoms with Crippen LogP contribution in [0.1, 0.15) is 69.5 Å². The normalized spacial score (nSPS) is 12.9. The Bertz CT molecular complexity index is 1480. The van der Waals surface area contributed by atoms with Crippen molar-refractivity contribution >= 4 is 11.4 Å². The van der Waals surface area contributed by atoms with Gasteiger partial charge in [0.15, 0.2) is 0 Å². The molecule has 0 spiro atoms. The van der Waals surface area contributed by atoms with Crippen molar-refractivity contribution in [1.29, 1.82) is 0 Å². The maximum absolute atomic E-state index is 10.6. The molecule has 0 heterocycles. The Morgan fingerprint density at radius 2 is 0.809 bits per heavy atom. The lowest BCUT2D eigenvalue weighted by atomic mass is 9.76. The van der Waals surface area contributed by atoms with Crippen molar-refractivity contribution in [3.63, 3.8) is 0 Å². The Morgan fingerprint density at radius 1 is 0.511 bits per heavy atom. The highest BCUT2D eigenvalue weighted by atomic mass is 16.5. The van der Waals surface area contributed by atoms with Gasteiger partial charge in [-0.25, -0.2) is 0 Å². The van der Waals surface area contributed by atoms with Gasteiger partial charge in [0.1, 0.15) is 36.9 Å². The van der Waals surface area contributed by atoms with E-state index in [2.05, 4.69) is 141 Å². The molecule has 0 amide bonds. The van der Waals surface area contributed by atoms with Crippen molar-refractivity contribution < 1.29 is 19.7 Å². The SMILES string of the molecule is Cc1cc(C)cc(NCC(O)COc2c(C)cc(C(C)(C)c3cc(C)c(OCC(O)CNc4cc(C)cc(C)c4)c(C)c3)cc2C)c1. The quantitative estimate of drug-likeness (QED) is 0.112. The highest BCUT2D eigenvalue weighted by Gasteiger charge is 2.26. The summed E-state index contributed by atoms with van der Waals surface area (Å²) in [6.07, 6.45) is -1.29. The molecule has 4 aromatic rings. The summed E-state index contributed by atoms with van der Waals surface area (Å²) < 4.78 is 12.3. The molecule has 0 aliphatic heterocycles. The number of ether oxygens (including phenoxy) is 2. The maximum atomic E-state index is 10.6. The fraction of sp³-hybridized carbons (Fsp3) is 0.415. The van der Waals surface area contributed by atoms with Gasteiger partial charge in [-0.2, -0.15) is 0 Å². The smallest absolute Gasteiger partial charge is 0.125 e. The fourth-order valence-corrected chi connectivity index (χ4v) is 6.35. The Morgan fingerprint density at radius 3 is 1.11 bits per heavy atom. The van der Waals surface area contributed by atoms with Crippen LogP contribution < -0.4 is 20.1 Å². The van der Waals surface area contributed by atoms with E-state index in [4.69, 9.17) is 9.47 Å². The van der Waals surface area contributed by atoms with Gasteiger partial charge >= 0.3 is 0 Å². The predicted octanol–water partition coefficient (Wildman–Crippen LogP) is 8.18. The lowest BCUT2D eigenvalue weighted by Crippen LogP contribution is -2.27. The van der Waals surface area contributed by atoms with Crippen LogP contribution in [0.4, 0.5) is 11.4 Å². The minimum Gasteiger partial charge on any atom is -0.490 e. The molecule has 252 valence electrons. The van der Waals surface area contributed by atoms with Gasteiger partial charge in [-0.15, -0.1) is 0 Å². The first-order valence-corrected chi connectivity index (χ1v) is 16.6. The summed E-state index contributed by atoms with van der Waals surface area (Å²) in [6, 6.07) is 21.4. The Balaban J connectivity index is 1.38. The van der Waals surface area contributed by atoms with E-state index in [1.165, 1.54) is 33.4 Å². The van der Waals surface area contributed by atoms with E-state index < -0.39 is 12.2 Å². The van der Waals surface area contributed by atoms with Crippen molar-refractivity contribution in [2.75, 3.05) is 36.9 Å². The molecule has 4 aromatic carbocycles. The van der Waals surface area contributed by atoms with Crippen LogP contribution in [0.2, 0.25) is 0 Å². The van der Waals surface area contributed by atoms with E-state index in [-0.39, 0.29) is 18.6 Å². The number of aryl methyl sites for hydroxylation is 8. The molecule has 0 aromatic heterocycles. The Kier molecular flexibility index (Phi) is 11.6. The van der Waals surface area contributed by atoms with E-state index in [0.29, 0.717) is 13.1 Å². The van der Waals surface area contributed by atoms with Gasteiger partial charge in [-0.05, 0) is 135 Å². The van der Waals surface area contributed by atoms with E-state index >= 15 is 0 Å². The third-order valence-corrected chi connectivity index (χ3v) is 8.73. The fourth-order valence-electron chi connectivity index (χ4n) is 6.35. The van der Waals surface area contributed by atoms with Crippen LogP contribution >= 0.6 is 0 Å². The highest BCUT2D eigenvalue weighted by Crippen LogP contribution is 2.38. The lowest BCUT2D eigenvalue weighted by Gasteiger charge is -2.29. The largest absolute Gasteiger partial charge is 0.490 e. The molecule has 0 bridgehead atoms. The summed E-state index contributed by atoms with van der Waals surface area (Å²) in [5.41, 5.74) is 13.0. The van der Waals surface area contributed by atoms with Gasteiger partial charge in [-0.3, -0.25) is 0 Å². The number of benzene rings is 4. The first-order valence-electron chi connectivity index (χ1n) is 16.6. The average Bonchev–Trinajstić information content (AvgIpc) is 2.97. The summed E-state index contributed by atoms with van der Waals surface area (Å²) in [4.78, 5) is 0. The topological polar surface area (TPSA) is 83.0 Å². The van der Waals surface area contributed by atoms with Gasteiger partial charge < -0.3 is 30.3 Å². The van der Waals surface area contributed by atoms with Crippen LogP contribution in [0, 0.1) is 55.4 Å². The zero-order valence-corrected chi connectivity index (χ0v) is 30.0. The van der Waals surface area contributed by atoms with E-state index in [1.54, 1.807) is 0 Å². The summed E-state index contributed by atoms with van der Waals surface area (Å²) in [5.74, 6) is 1.63. The van der Waals surface area contributed by atoms with E-state index in [0.717, 1.165) is 45.1 Å². The molecule has 0 saturated carbocycles. The lowest BCUT2D eigenvalue weighted by molar-refractivity contribution is 0.116. The Hall–Kier alpha value is -4.00. The monoisotopic (exact) mass is 638 g/mol. The maximum Gasteiger partial charge on any atom is 0.125 e. The third kappa shape index (κ3) is 9.52. The number of rotatable bonds is 14. The van der Waals surface area contributed by atoms with Crippen LogP contribution in [0.25, 0.3) is 0 Å². The van der Waals surface area contributed by atoms with Crippen molar-refractivity contribution in [3.8, 4) is 11.5 Å². The molecule has 2 atom stereocenters. The summed E-state index contributed by atoms with van der Waals surface area (Å²) in [6.45, 7) is 22.3. The van der Waals surface area contributed by atoms with Crippen LogP contribution in [0.3, 0.4) is 0 Å². The van der Waals surface area contributed by atoms with Crippen LogP contribution in [-0.2, 0) is 5.41 Å². The molecular weight excluding hydrogens is 584 g/mol. The standard InChI is InChI=1S/C41H54N2O4/c1-25-11-26(2)14-35(13-25)42-21-37(44)23-46-39-29(5)17-33(18-30(39)6)41(9,10)34-19-31(7)40(32(8)20-34)47-24-38(45)22-43-36-15-27(3)12-28(4)16-36/h11-20,37-38,42-45H,21-24H2,1-10H3. The molecule has 0 fully saturated rings. The molecule has 0 radical (unpaired) electrons. The summed E-state index contributed by atoms with van der Waals surface area (Å²) >= 11 is 0. The minimum atomic E-state index is -0.646. The molecule has 0 aliphatic carbocycles. The van der Waals surface area contributed by atoms with Crippen molar-refractivity contribution in [2.45, 2.75) is 86.9 Å². The highest BCUT2D eigenvalue weighted by molar-refractivity contribution is 5.53. The third-order valence-electron chi connectivity index (χ3n) is 8.73. The molecule has 4 rings (SSSR count). The number of hydrogen-bond donors (Lipinski definition) is 4. The minimum absolute atomic E-state index is 0.207. The predicted molar refractivity (Wildman–Crippen MR) is 196 cm³/mol. The second-order valence-corrected chi connectivity index (χ2v) is 13.9. The van der Waals surface area contributed by atoms with Crippen molar-refractivity contribution in [2.24, 2.45) is 0 Å². The molecule has 6 heteroatoms. The molecule has 0 aliphatic rings. The second-order valence-electron chi connectivity index (χ2n) is 13.9. The van der Waals surface area contributed by atoms with Crippen LogP contribution in [0.5, 0.6) is 11.5 Å². The van der Waals surface area contributed by atoms with Gasteiger partial charge in [0.25, 0.3) is 0 Å². The number of anilines is 2. The van der Waals surface area contributed by atoms with Gasteiger partial charge in [0, 0.05) is 29.9 Å². The van der Waals surface area contributed by atoms with Gasteiger partial charge in [-0.1, -0.05) is 50.2 Å². The van der Waals surface area contributed by atoms with E-state index in [9.17, 15) is 10.2 Å². The van der Waals surface area contributed by atoms with Gasteiger partial charge in [0.2, 0.25) is 0 Å². The molecule has 4 N–H and O–H groups in total. The summed E-state index contributed by atoms with van der Waals surface area (Å²) in [5, 5.41) is 27.9. The molecule has 6 nitrogen and oxygen atoms in total. The van der Waals surface area contributed by atoms with Crippen LogP contribution in [0.15, 0.2) is 60.7 Å². The van der Waals surface area contributed by atoms with Crippen LogP contribution in [-0.4, -0.2) is 48.7 Å². The second kappa shape index (κ2) is 15.3.